The Morgan fingerprint density at radius 1 is 1.41 bits per heavy atom. The highest BCUT2D eigenvalue weighted by Crippen LogP contribution is 2.02. The maximum Gasteiger partial charge on any atom is 0.324 e. The molecule has 7 nitrogen and oxygen atoms in total. The summed E-state index contributed by atoms with van der Waals surface area (Å²) in [7, 11) is 1.71. The van der Waals surface area contributed by atoms with E-state index in [0.29, 0.717) is 25.1 Å². The highest BCUT2D eigenvalue weighted by Gasteiger charge is 2.27. The van der Waals surface area contributed by atoms with Crippen molar-refractivity contribution in [3.63, 3.8) is 0 Å². The number of carbonyl (C=O) groups is 2. The molecule has 3 amide bonds. The second-order valence-corrected chi connectivity index (χ2v) is 5.24. The van der Waals surface area contributed by atoms with E-state index < -0.39 is 0 Å². The summed E-state index contributed by atoms with van der Waals surface area (Å²) in [5.74, 6) is 0.517. The van der Waals surface area contributed by atoms with Gasteiger partial charge < -0.3 is 16.0 Å². The predicted molar refractivity (Wildman–Crippen MR) is 98.6 cm³/mol. The van der Waals surface area contributed by atoms with Crippen molar-refractivity contribution in [2.75, 3.05) is 26.7 Å². The van der Waals surface area contributed by atoms with Gasteiger partial charge in [-0.05, 0) is 13.3 Å². The molecule has 3 N–H and O–H groups in total. The number of unbranched alkanes of at least 4 members (excludes halogenated alkanes) is 2. The van der Waals surface area contributed by atoms with Crippen LogP contribution in [0.25, 0.3) is 0 Å². The monoisotopic (exact) mass is 425 g/mol. The van der Waals surface area contributed by atoms with Gasteiger partial charge in [0.15, 0.2) is 5.96 Å². The average molecular weight is 425 g/mol. The Morgan fingerprint density at radius 2 is 2.14 bits per heavy atom. The number of halogens is 1. The van der Waals surface area contributed by atoms with Crippen LogP contribution in [0.3, 0.4) is 0 Å². The maximum absolute atomic E-state index is 11.4. The average Bonchev–Trinajstić information content (AvgIpc) is 2.78. The van der Waals surface area contributed by atoms with Crippen LogP contribution in [0.15, 0.2) is 4.99 Å². The summed E-state index contributed by atoms with van der Waals surface area (Å²) in [5.41, 5.74) is 0. The summed E-state index contributed by atoms with van der Waals surface area (Å²) in [5, 5.41) is 8.93. The summed E-state index contributed by atoms with van der Waals surface area (Å²) >= 11 is 0. The van der Waals surface area contributed by atoms with Gasteiger partial charge in [-0.3, -0.25) is 14.7 Å². The van der Waals surface area contributed by atoms with E-state index >= 15 is 0 Å². The third kappa shape index (κ3) is 7.28. The Hall–Kier alpha value is -1.06. The minimum Gasteiger partial charge on any atom is -0.355 e. The summed E-state index contributed by atoms with van der Waals surface area (Å²) < 4.78 is 0. The number of imide groups is 1. The fourth-order valence-corrected chi connectivity index (χ4v) is 2.17. The van der Waals surface area contributed by atoms with Gasteiger partial charge in [0, 0.05) is 26.2 Å². The van der Waals surface area contributed by atoms with Crippen LogP contribution in [0.2, 0.25) is 0 Å². The third-order valence-corrected chi connectivity index (χ3v) is 3.41. The van der Waals surface area contributed by atoms with Crippen LogP contribution in [0, 0.1) is 0 Å². The number of nitrogens with zero attached hydrogens (tertiary/aromatic N) is 2. The maximum atomic E-state index is 11.4. The number of guanidine groups is 1. The lowest BCUT2D eigenvalue weighted by Gasteiger charge is -2.19. The van der Waals surface area contributed by atoms with Crippen molar-refractivity contribution in [2.24, 2.45) is 4.99 Å². The molecule has 1 unspecified atom stereocenters. The van der Waals surface area contributed by atoms with E-state index in [1.807, 2.05) is 0 Å². The fraction of sp³-hybridized carbons (Fsp3) is 0.786. The van der Waals surface area contributed by atoms with E-state index in [0.717, 1.165) is 6.42 Å². The van der Waals surface area contributed by atoms with Crippen molar-refractivity contribution in [3.8, 4) is 0 Å². The van der Waals surface area contributed by atoms with Crippen molar-refractivity contribution < 1.29 is 9.59 Å². The van der Waals surface area contributed by atoms with Crippen LogP contribution in [0.1, 0.15) is 39.5 Å². The number of amides is 3. The molecule has 1 rings (SSSR count). The molecule has 1 saturated heterocycles. The first kappa shape index (κ1) is 20.9. The van der Waals surface area contributed by atoms with Gasteiger partial charge in [-0.15, -0.1) is 24.0 Å². The van der Waals surface area contributed by atoms with Gasteiger partial charge in [0.25, 0.3) is 0 Å². The Kier molecular flexibility index (Phi) is 10.9. The molecule has 0 radical (unpaired) electrons. The van der Waals surface area contributed by atoms with E-state index in [-0.39, 0.29) is 42.5 Å². The molecular formula is C14H28IN5O2. The van der Waals surface area contributed by atoms with Gasteiger partial charge in [-0.25, -0.2) is 4.79 Å². The molecular weight excluding hydrogens is 397 g/mol. The summed E-state index contributed by atoms with van der Waals surface area (Å²) in [6.45, 7) is 5.24. The van der Waals surface area contributed by atoms with E-state index in [2.05, 4.69) is 34.8 Å². The predicted octanol–water partition coefficient (Wildman–Crippen LogP) is 1.29. The number of nitrogens with one attached hydrogen (secondary N) is 3. The summed E-state index contributed by atoms with van der Waals surface area (Å²) in [6, 6.07) is 0.0251. The first-order chi connectivity index (χ1) is 10.1. The standard InChI is InChI=1S/C14H27N5O2.HI/c1-4-5-6-7-11(2)18-13(15-3)16-8-9-19-12(20)10-17-14(19)21;/h11H,4-10H2,1-3H3,(H,17,21)(H2,15,16,18);1H. The zero-order valence-corrected chi connectivity index (χ0v) is 16.0. The molecule has 0 bridgehead atoms. The van der Waals surface area contributed by atoms with Gasteiger partial charge in [0.05, 0.1) is 6.54 Å². The molecule has 22 heavy (non-hydrogen) atoms. The number of urea groups is 1. The zero-order chi connectivity index (χ0) is 15.7. The van der Waals surface area contributed by atoms with Crippen molar-refractivity contribution >= 4 is 41.9 Å². The number of hydrogen-bond donors (Lipinski definition) is 3. The SMILES string of the molecule is CCCCCC(C)NC(=NC)NCCN1C(=O)CNC1=O.I. The highest BCUT2D eigenvalue weighted by molar-refractivity contribution is 14.0. The minimum atomic E-state index is -0.322. The van der Waals surface area contributed by atoms with Gasteiger partial charge in [0.2, 0.25) is 5.91 Å². The van der Waals surface area contributed by atoms with E-state index in [4.69, 9.17) is 0 Å². The first-order valence-corrected chi connectivity index (χ1v) is 7.63. The lowest BCUT2D eigenvalue weighted by atomic mass is 10.1. The lowest BCUT2D eigenvalue weighted by Crippen LogP contribution is -2.45. The quantitative estimate of drug-likeness (QED) is 0.180. The molecule has 1 heterocycles. The van der Waals surface area contributed by atoms with Crippen LogP contribution in [0.4, 0.5) is 4.79 Å². The van der Waals surface area contributed by atoms with E-state index in [1.165, 1.54) is 24.2 Å². The molecule has 0 saturated carbocycles. The van der Waals surface area contributed by atoms with Crippen LogP contribution in [-0.4, -0.2) is 55.5 Å². The second kappa shape index (κ2) is 11.5. The van der Waals surface area contributed by atoms with Gasteiger partial charge in [-0.2, -0.15) is 0 Å². The number of aliphatic imine (C=N–C) groups is 1. The number of hydrogen-bond acceptors (Lipinski definition) is 3. The van der Waals surface area contributed by atoms with Gasteiger partial charge in [0.1, 0.15) is 0 Å². The minimum absolute atomic E-state index is 0. The van der Waals surface area contributed by atoms with Gasteiger partial charge in [-0.1, -0.05) is 26.2 Å². The Balaban J connectivity index is 0.00000441. The van der Waals surface area contributed by atoms with Crippen molar-refractivity contribution in [1.29, 1.82) is 0 Å². The molecule has 0 aromatic heterocycles. The van der Waals surface area contributed by atoms with Crippen LogP contribution < -0.4 is 16.0 Å². The summed E-state index contributed by atoms with van der Waals surface area (Å²) in [6.07, 6.45) is 4.75. The fourth-order valence-electron chi connectivity index (χ4n) is 2.17. The van der Waals surface area contributed by atoms with Crippen LogP contribution in [0.5, 0.6) is 0 Å². The van der Waals surface area contributed by atoms with Crippen LogP contribution >= 0.6 is 24.0 Å². The number of carbonyl (C=O) groups excluding carboxylic acids is 2. The van der Waals surface area contributed by atoms with Crippen LogP contribution in [-0.2, 0) is 4.79 Å². The second-order valence-electron chi connectivity index (χ2n) is 5.24. The smallest absolute Gasteiger partial charge is 0.324 e. The molecule has 1 aliphatic heterocycles. The van der Waals surface area contributed by atoms with Crippen molar-refractivity contribution in [1.82, 2.24) is 20.9 Å². The molecule has 1 aliphatic rings. The lowest BCUT2D eigenvalue weighted by molar-refractivity contribution is -0.124. The molecule has 1 fully saturated rings. The molecule has 1 atom stereocenters. The molecule has 0 aromatic carbocycles. The highest BCUT2D eigenvalue weighted by atomic mass is 127. The Labute approximate surface area is 149 Å². The molecule has 0 aliphatic carbocycles. The van der Waals surface area contributed by atoms with Crippen molar-refractivity contribution in [2.45, 2.75) is 45.6 Å². The molecule has 128 valence electrons. The zero-order valence-electron chi connectivity index (χ0n) is 13.6. The summed E-state index contributed by atoms with van der Waals surface area (Å²) in [4.78, 5) is 28.2. The van der Waals surface area contributed by atoms with Gasteiger partial charge >= 0.3 is 6.03 Å². The molecule has 0 aromatic rings. The Bertz CT molecular complexity index is 373. The topological polar surface area (TPSA) is 85.8 Å². The molecule has 8 heteroatoms. The molecule has 0 spiro atoms. The largest absolute Gasteiger partial charge is 0.355 e. The number of rotatable bonds is 8. The van der Waals surface area contributed by atoms with E-state index in [9.17, 15) is 9.59 Å². The van der Waals surface area contributed by atoms with E-state index in [1.54, 1.807) is 7.05 Å². The first-order valence-electron chi connectivity index (χ1n) is 7.63. The normalized spacial score (nSPS) is 16.1. The Morgan fingerprint density at radius 3 is 2.68 bits per heavy atom. The van der Waals surface area contributed by atoms with Crippen molar-refractivity contribution in [3.05, 3.63) is 0 Å². The third-order valence-electron chi connectivity index (χ3n) is 3.41.